The van der Waals surface area contributed by atoms with Crippen LogP contribution in [0.1, 0.15) is 32.1 Å². The van der Waals surface area contributed by atoms with Crippen LogP contribution in [0.25, 0.3) is 0 Å². The van der Waals surface area contributed by atoms with Gasteiger partial charge in [0.05, 0.1) is 7.11 Å². The highest BCUT2D eigenvalue weighted by Crippen LogP contribution is 2.39. The Balaban J connectivity index is 1.89. The molecule has 1 aliphatic heterocycles. The second-order valence-electron chi connectivity index (χ2n) is 6.73. The molecule has 0 bridgehead atoms. The molecule has 0 spiro atoms. The Bertz CT molecular complexity index is 670. The number of esters is 1. The number of hydrogen-bond donors (Lipinski definition) is 0. The van der Waals surface area contributed by atoms with Crippen molar-refractivity contribution in [1.82, 2.24) is 4.90 Å². The van der Waals surface area contributed by atoms with Gasteiger partial charge in [0.25, 0.3) is 0 Å². The van der Waals surface area contributed by atoms with Crippen LogP contribution in [0.4, 0.5) is 13.2 Å². The first-order valence-electron chi connectivity index (χ1n) is 8.39. The van der Waals surface area contributed by atoms with E-state index in [0.29, 0.717) is 17.9 Å². The summed E-state index contributed by atoms with van der Waals surface area (Å²) in [6, 6.07) is -0.628. The fraction of sp³-hybridized carbons (Fsp3) is 0.556. The first-order valence-corrected chi connectivity index (χ1v) is 8.39. The van der Waals surface area contributed by atoms with Gasteiger partial charge in [-0.2, -0.15) is 13.2 Å². The van der Waals surface area contributed by atoms with Gasteiger partial charge >= 0.3 is 12.1 Å². The van der Waals surface area contributed by atoms with Gasteiger partial charge in [0.15, 0.2) is 5.78 Å². The number of rotatable bonds is 4. The molecule has 136 valence electrons. The monoisotopic (exact) mass is 355 g/mol. The number of methoxy groups -OCH3 is 1. The van der Waals surface area contributed by atoms with Crippen LogP contribution >= 0.6 is 0 Å². The summed E-state index contributed by atoms with van der Waals surface area (Å²) in [5.41, 5.74) is -0.846. The molecule has 1 atom stereocenters. The third-order valence-corrected chi connectivity index (χ3v) is 5.14. The van der Waals surface area contributed by atoms with Gasteiger partial charge < -0.3 is 9.64 Å². The summed E-state index contributed by atoms with van der Waals surface area (Å²) < 4.78 is 44.7. The molecule has 3 rings (SSSR count). The summed E-state index contributed by atoms with van der Waals surface area (Å²) in [4.78, 5) is 25.5. The molecule has 3 aliphatic rings. The van der Waals surface area contributed by atoms with Crippen molar-refractivity contribution in [3.05, 3.63) is 35.1 Å². The summed E-state index contributed by atoms with van der Waals surface area (Å²) in [5, 5.41) is 0. The lowest BCUT2D eigenvalue weighted by atomic mass is 9.93. The number of hydrogen-bond acceptors (Lipinski definition) is 4. The van der Waals surface area contributed by atoms with E-state index in [1.807, 2.05) is 0 Å². The maximum absolute atomic E-state index is 13.3. The van der Waals surface area contributed by atoms with E-state index >= 15 is 0 Å². The second kappa shape index (κ2) is 6.69. The second-order valence-corrected chi connectivity index (χ2v) is 6.73. The van der Waals surface area contributed by atoms with Gasteiger partial charge in [-0.15, -0.1) is 0 Å². The molecule has 1 saturated carbocycles. The zero-order valence-electron chi connectivity index (χ0n) is 13.9. The quantitative estimate of drug-likeness (QED) is 0.726. The Hall–Kier alpha value is -2.05. The van der Waals surface area contributed by atoms with E-state index in [2.05, 4.69) is 0 Å². The van der Waals surface area contributed by atoms with Crippen molar-refractivity contribution in [3.8, 4) is 0 Å². The normalized spacial score (nSPS) is 22.3. The van der Waals surface area contributed by atoms with Crippen molar-refractivity contribution < 1.29 is 27.5 Å². The summed E-state index contributed by atoms with van der Waals surface area (Å²) in [5.74, 6) is -1.11. The Morgan fingerprint density at radius 1 is 1.32 bits per heavy atom. The first kappa shape index (κ1) is 17.8. The van der Waals surface area contributed by atoms with E-state index in [9.17, 15) is 22.8 Å². The van der Waals surface area contributed by atoms with Crippen LogP contribution in [-0.4, -0.2) is 42.5 Å². The molecule has 2 aliphatic carbocycles. The number of ketones is 1. The topological polar surface area (TPSA) is 46.6 Å². The predicted molar refractivity (Wildman–Crippen MR) is 84.4 cm³/mol. The lowest BCUT2D eigenvalue weighted by Crippen LogP contribution is -2.39. The summed E-state index contributed by atoms with van der Waals surface area (Å²) in [7, 11) is 1.28. The van der Waals surface area contributed by atoms with Crippen molar-refractivity contribution in [2.75, 3.05) is 13.7 Å². The Morgan fingerprint density at radius 3 is 2.60 bits per heavy atom. The maximum atomic E-state index is 13.3. The molecule has 0 aromatic carbocycles. The number of fused-ring (bicyclic) bond motifs is 1. The van der Waals surface area contributed by atoms with Crippen LogP contribution < -0.4 is 0 Å². The molecule has 25 heavy (non-hydrogen) atoms. The highest BCUT2D eigenvalue weighted by molar-refractivity contribution is 6.08. The maximum Gasteiger partial charge on any atom is 0.420 e. The summed E-state index contributed by atoms with van der Waals surface area (Å²) in [6.07, 6.45) is 3.98. The molecule has 0 unspecified atom stereocenters. The Kier molecular flexibility index (Phi) is 4.75. The highest BCUT2D eigenvalue weighted by Gasteiger charge is 2.44. The molecule has 0 saturated heterocycles. The van der Waals surface area contributed by atoms with Crippen LogP contribution in [0.5, 0.6) is 0 Å². The minimum Gasteiger partial charge on any atom is -0.467 e. The standard InChI is InChI=1S/C18H20F3NO3/c1-25-17(24)14(8-11-4-2-3-5-11)22-9-12-6-7-15(23)16(13(12)10-22)18(19,20)21/h6-7,9,11,14H,2-5,8,10H2,1H3/t14-/m0/s1. The molecule has 0 N–H and O–H groups in total. The molecular weight excluding hydrogens is 335 g/mol. The van der Waals surface area contributed by atoms with Crippen molar-refractivity contribution in [3.63, 3.8) is 0 Å². The third kappa shape index (κ3) is 3.50. The average Bonchev–Trinajstić information content (AvgIpc) is 3.19. The van der Waals surface area contributed by atoms with Crippen LogP contribution in [0, 0.1) is 5.92 Å². The smallest absolute Gasteiger partial charge is 0.420 e. The third-order valence-electron chi connectivity index (χ3n) is 5.14. The number of alkyl halides is 3. The van der Waals surface area contributed by atoms with E-state index in [-0.39, 0.29) is 12.1 Å². The fourth-order valence-electron chi connectivity index (χ4n) is 3.92. The number of carbonyl (C=O) groups is 2. The molecule has 1 fully saturated rings. The van der Waals surface area contributed by atoms with Crippen LogP contribution in [-0.2, 0) is 14.3 Å². The van der Waals surface area contributed by atoms with Crippen molar-refractivity contribution in [1.29, 1.82) is 0 Å². The first-order chi connectivity index (χ1) is 11.8. The van der Waals surface area contributed by atoms with Gasteiger partial charge in [0.2, 0.25) is 0 Å². The molecule has 4 nitrogen and oxygen atoms in total. The van der Waals surface area contributed by atoms with E-state index in [0.717, 1.165) is 31.8 Å². The number of halogens is 3. The van der Waals surface area contributed by atoms with Gasteiger partial charge in [-0.25, -0.2) is 4.79 Å². The van der Waals surface area contributed by atoms with E-state index in [1.54, 1.807) is 11.1 Å². The minimum absolute atomic E-state index is 0.0553. The van der Waals surface area contributed by atoms with Crippen molar-refractivity contribution >= 4 is 11.8 Å². The van der Waals surface area contributed by atoms with Gasteiger partial charge in [-0.1, -0.05) is 25.7 Å². The molecular formula is C18H20F3NO3. The summed E-state index contributed by atoms with van der Waals surface area (Å²) in [6.45, 7) is -0.104. The molecule has 0 amide bonds. The van der Waals surface area contributed by atoms with Gasteiger partial charge in [0, 0.05) is 12.7 Å². The number of allylic oxidation sites excluding steroid dienone is 3. The van der Waals surface area contributed by atoms with Gasteiger partial charge in [-0.3, -0.25) is 4.79 Å². The molecule has 7 heteroatoms. The van der Waals surface area contributed by atoms with E-state index < -0.39 is 29.5 Å². The lowest BCUT2D eigenvalue weighted by molar-refractivity contribution is -0.146. The number of ether oxygens (including phenoxy) is 1. The summed E-state index contributed by atoms with van der Waals surface area (Å²) >= 11 is 0. The van der Waals surface area contributed by atoms with E-state index in [4.69, 9.17) is 4.74 Å². The van der Waals surface area contributed by atoms with Gasteiger partial charge in [-0.05, 0) is 35.6 Å². The molecule has 0 aromatic heterocycles. The van der Waals surface area contributed by atoms with Crippen LogP contribution in [0.3, 0.4) is 0 Å². The Morgan fingerprint density at radius 2 is 2.00 bits per heavy atom. The SMILES string of the molecule is COC(=O)[C@H](CC1CCCC1)N1C=C2C=CC(=O)C(C(F)(F)F)=C2C1. The number of carbonyl (C=O) groups excluding carboxylic acids is 2. The fourth-order valence-corrected chi connectivity index (χ4v) is 3.92. The largest absolute Gasteiger partial charge is 0.467 e. The molecule has 1 heterocycles. The van der Waals surface area contributed by atoms with Crippen LogP contribution in [0.15, 0.2) is 35.1 Å². The average molecular weight is 355 g/mol. The predicted octanol–water partition coefficient (Wildman–Crippen LogP) is 3.31. The minimum atomic E-state index is -4.71. The van der Waals surface area contributed by atoms with Gasteiger partial charge in [0.1, 0.15) is 11.6 Å². The molecule has 0 aromatic rings. The number of nitrogens with zero attached hydrogens (tertiary/aromatic N) is 1. The molecule has 0 radical (unpaired) electrons. The lowest BCUT2D eigenvalue weighted by Gasteiger charge is -2.28. The van der Waals surface area contributed by atoms with Crippen molar-refractivity contribution in [2.24, 2.45) is 5.92 Å². The highest BCUT2D eigenvalue weighted by atomic mass is 19.4. The Labute approximate surface area is 144 Å². The van der Waals surface area contributed by atoms with Crippen LogP contribution in [0.2, 0.25) is 0 Å². The zero-order chi connectivity index (χ0) is 18.2. The van der Waals surface area contributed by atoms with E-state index in [1.165, 1.54) is 13.2 Å². The van der Waals surface area contributed by atoms with Crippen molar-refractivity contribution in [2.45, 2.75) is 44.3 Å². The zero-order valence-corrected chi connectivity index (χ0v) is 13.9.